The Labute approximate surface area is 450 Å². The van der Waals surface area contributed by atoms with Crippen LogP contribution in [-0.2, 0) is 28.6 Å². The Bertz CT molecular complexity index is 1490. The number of esters is 3. The lowest BCUT2D eigenvalue weighted by Gasteiger charge is -2.18. The maximum Gasteiger partial charge on any atom is 0.306 e. The van der Waals surface area contributed by atoms with Crippen molar-refractivity contribution in [2.45, 2.75) is 284 Å². The molecule has 0 aromatic rings. The highest BCUT2D eigenvalue weighted by atomic mass is 16.6. The summed E-state index contributed by atoms with van der Waals surface area (Å²) in [5.41, 5.74) is 0. The number of rotatable bonds is 54. The number of allylic oxidation sites excluding steroid dienone is 18. The summed E-state index contributed by atoms with van der Waals surface area (Å²) < 4.78 is 16.8. The molecule has 1 unspecified atom stereocenters. The Morgan fingerprint density at radius 1 is 0.288 bits per heavy atom. The first-order chi connectivity index (χ1) is 36.0. The largest absolute Gasteiger partial charge is 0.462 e. The molecular formula is C67H112O6. The quantitative estimate of drug-likeness (QED) is 0.0261. The van der Waals surface area contributed by atoms with Crippen molar-refractivity contribution in [1.82, 2.24) is 0 Å². The van der Waals surface area contributed by atoms with Gasteiger partial charge in [0.1, 0.15) is 13.2 Å². The normalized spacial score (nSPS) is 12.9. The summed E-state index contributed by atoms with van der Waals surface area (Å²) in [6.45, 7) is 6.49. The van der Waals surface area contributed by atoms with Gasteiger partial charge in [0, 0.05) is 19.3 Å². The van der Waals surface area contributed by atoms with Crippen LogP contribution in [0.4, 0.5) is 0 Å². The molecule has 0 bridgehead atoms. The number of carbonyl (C=O) groups excluding carboxylic acids is 3. The molecule has 0 rings (SSSR count). The van der Waals surface area contributed by atoms with E-state index < -0.39 is 6.10 Å². The number of hydrogen-bond acceptors (Lipinski definition) is 6. The van der Waals surface area contributed by atoms with E-state index in [1.165, 1.54) is 103 Å². The third-order valence-corrected chi connectivity index (χ3v) is 12.8. The molecule has 0 aliphatic carbocycles. The molecular weight excluding hydrogens is 901 g/mol. The zero-order valence-corrected chi connectivity index (χ0v) is 47.6. The summed E-state index contributed by atoms with van der Waals surface area (Å²) in [6.07, 6.45) is 82.4. The summed E-state index contributed by atoms with van der Waals surface area (Å²) in [7, 11) is 0. The van der Waals surface area contributed by atoms with Gasteiger partial charge in [-0.1, -0.05) is 278 Å². The molecule has 0 aromatic heterocycles. The van der Waals surface area contributed by atoms with Crippen molar-refractivity contribution in [3.63, 3.8) is 0 Å². The standard InChI is InChI=1S/C67H112O6/c1-4-7-10-13-16-19-21-23-24-25-26-27-28-29-30-31-32-33-34-35-36-37-38-39-40-41-42-44-45-48-51-54-57-60-66(69)72-63-64(62-71-65(68)59-56-53-50-47-18-15-12-9-6-3)73-67(70)61-58-55-52-49-46-43-22-20-17-14-11-8-5-2/h7,10,16,19,23-24,26-27,29-30,32-33,35-36,38-39,41-42,64H,4-6,8-9,11-15,17-18,20-22,25,28,31,34,37,40,43-63H2,1-3H3/b10-7-,19-16-,24-23-,27-26-,30-29-,33-32-,36-35-,39-38-,42-41-. The Hall–Kier alpha value is -3.93. The molecule has 0 N–H and O–H groups in total. The van der Waals surface area contributed by atoms with Crippen molar-refractivity contribution >= 4 is 17.9 Å². The number of ether oxygens (including phenoxy) is 3. The van der Waals surface area contributed by atoms with E-state index in [0.717, 1.165) is 135 Å². The first kappa shape index (κ1) is 69.1. The molecule has 0 radical (unpaired) electrons. The highest BCUT2D eigenvalue weighted by Gasteiger charge is 2.19. The smallest absolute Gasteiger partial charge is 0.306 e. The molecule has 0 saturated heterocycles. The van der Waals surface area contributed by atoms with E-state index in [2.05, 4.69) is 130 Å². The lowest BCUT2D eigenvalue weighted by Crippen LogP contribution is -2.30. The average Bonchev–Trinajstić information content (AvgIpc) is 3.39. The van der Waals surface area contributed by atoms with Crippen LogP contribution in [0.15, 0.2) is 109 Å². The van der Waals surface area contributed by atoms with Gasteiger partial charge in [0.05, 0.1) is 0 Å². The van der Waals surface area contributed by atoms with Crippen LogP contribution in [0.3, 0.4) is 0 Å². The minimum absolute atomic E-state index is 0.0811. The number of unbranched alkanes of at least 4 members (excludes halogenated alkanes) is 25. The topological polar surface area (TPSA) is 78.9 Å². The van der Waals surface area contributed by atoms with Crippen LogP contribution in [0.1, 0.15) is 278 Å². The highest BCUT2D eigenvalue weighted by molar-refractivity contribution is 5.71. The van der Waals surface area contributed by atoms with E-state index >= 15 is 0 Å². The molecule has 0 amide bonds. The van der Waals surface area contributed by atoms with E-state index in [1.54, 1.807) is 0 Å². The Kier molecular flexibility index (Phi) is 57.4. The second-order valence-corrected chi connectivity index (χ2v) is 19.9. The fourth-order valence-electron chi connectivity index (χ4n) is 8.26. The van der Waals surface area contributed by atoms with Gasteiger partial charge in [0.15, 0.2) is 6.10 Å². The van der Waals surface area contributed by atoms with Crippen molar-refractivity contribution in [2.75, 3.05) is 13.2 Å². The molecule has 0 saturated carbocycles. The molecule has 0 fully saturated rings. The van der Waals surface area contributed by atoms with Crippen molar-refractivity contribution in [1.29, 1.82) is 0 Å². The molecule has 6 heteroatoms. The van der Waals surface area contributed by atoms with Crippen molar-refractivity contribution in [3.05, 3.63) is 109 Å². The summed E-state index contributed by atoms with van der Waals surface area (Å²) in [5.74, 6) is -0.900. The third kappa shape index (κ3) is 58.8. The molecule has 0 aliphatic heterocycles. The van der Waals surface area contributed by atoms with Crippen LogP contribution >= 0.6 is 0 Å². The number of hydrogen-bond donors (Lipinski definition) is 0. The first-order valence-corrected chi connectivity index (χ1v) is 30.4. The predicted octanol–water partition coefficient (Wildman–Crippen LogP) is 20.7. The predicted molar refractivity (Wildman–Crippen MR) is 316 cm³/mol. The zero-order valence-electron chi connectivity index (χ0n) is 47.6. The van der Waals surface area contributed by atoms with Crippen LogP contribution in [-0.4, -0.2) is 37.2 Å². The molecule has 0 aromatic carbocycles. The van der Waals surface area contributed by atoms with Gasteiger partial charge in [-0.05, 0) is 89.9 Å². The van der Waals surface area contributed by atoms with E-state index in [-0.39, 0.29) is 31.1 Å². The fourth-order valence-corrected chi connectivity index (χ4v) is 8.26. The van der Waals surface area contributed by atoms with E-state index in [0.29, 0.717) is 19.3 Å². The zero-order chi connectivity index (χ0) is 52.9. The maximum absolute atomic E-state index is 12.8. The van der Waals surface area contributed by atoms with Crippen LogP contribution < -0.4 is 0 Å². The lowest BCUT2D eigenvalue weighted by atomic mass is 10.0. The maximum atomic E-state index is 12.8. The fraction of sp³-hybridized carbons (Fsp3) is 0.687. The van der Waals surface area contributed by atoms with Crippen molar-refractivity contribution in [2.24, 2.45) is 0 Å². The third-order valence-electron chi connectivity index (χ3n) is 12.8. The van der Waals surface area contributed by atoms with Gasteiger partial charge in [-0.25, -0.2) is 0 Å². The van der Waals surface area contributed by atoms with Gasteiger partial charge >= 0.3 is 17.9 Å². The Morgan fingerprint density at radius 2 is 0.534 bits per heavy atom. The van der Waals surface area contributed by atoms with Gasteiger partial charge in [-0.3, -0.25) is 14.4 Å². The summed E-state index contributed by atoms with van der Waals surface area (Å²) in [5, 5.41) is 0. The molecule has 0 heterocycles. The molecule has 1 atom stereocenters. The highest BCUT2D eigenvalue weighted by Crippen LogP contribution is 2.15. The molecule has 0 spiro atoms. The monoisotopic (exact) mass is 1010 g/mol. The number of carbonyl (C=O) groups is 3. The average molecular weight is 1010 g/mol. The summed E-state index contributed by atoms with van der Waals surface area (Å²) in [6, 6.07) is 0. The SMILES string of the molecule is CC/C=C\C/C=C\C/C=C\C/C=C\C/C=C\C/C=C\C/C=C\C/C=C\C/C=C\CCCCCCCC(=O)OCC(COC(=O)CCCCCCCCCCC)OC(=O)CCCCCCCCCCCCCCC. The Morgan fingerprint density at radius 3 is 0.836 bits per heavy atom. The van der Waals surface area contributed by atoms with Gasteiger partial charge in [-0.15, -0.1) is 0 Å². The van der Waals surface area contributed by atoms with Gasteiger partial charge in [0.25, 0.3) is 0 Å². The molecule has 0 aliphatic rings. The van der Waals surface area contributed by atoms with Crippen LogP contribution in [0, 0.1) is 0 Å². The summed E-state index contributed by atoms with van der Waals surface area (Å²) in [4.78, 5) is 38.0. The Balaban J connectivity index is 4.21. The molecule has 416 valence electrons. The van der Waals surface area contributed by atoms with Crippen LogP contribution in [0.5, 0.6) is 0 Å². The van der Waals surface area contributed by atoms with E-state index in [4.69, 9.17) is 14.2 Å². The summed E-state index contributed by atoms with van der Waals surface area (Å²) >= 11 is 0. The lowest BCUT2D eigenvalue weighted by molar-refractivity contribution is -0.167. The minimum Gasteiger partial charge on any atom is -0.462 e. The minimum atomic E-state index is -0.782. The van der Waals surface area contributed by atoms with Crippen LogP contribution in [0.25, 0.3) is 0 Å². The van der Waals surface area contributed by atoms with E-state index in [1.807, 2.05) is 0 Å². The van der Waals surface area contributed by atoms with Crippen molar-refractivity contribution < 1.29 is 28.6 Å². The van der Waals surface area contributed by atoms with Gasteiger partial charge in [0.2, 0.25) is 0 Å². The molecule has 73 heavy (non-hydrogen) atoms. The van der Waals surface area contributed by atoms with Crippen molar-refractivity contribution in [3.8, 4) is 0 Å². The second-order valence-electron chi connectivity index (χ2n) is 19.9. The van der Waals surface area contributed by atoms with E-state index in [9.17, 15) is 14.4 Å². The second kappa shape index (κ2) is 60.6. The first-order valence-electron chi connectivity index (χ1n) is 30.4. The van der Waals surface area contributed by atoms with Gasteiger partial charge < -0.3 is 14.2 Å². The van der Waals surface area contributed by atoms with Crippen LogP contribution in [0.2, 0.25) is 0 Å². The molecule has 6 nitrogen and oxygen atoms in total. The van der Waals surface area contributed by atoms with Gasteiger partial charge in [-0.2, -0.15) is 0 Å².